The SMILES string of the molecule is O=[S+]CCC1CC1. The summed E-state index contributed by atoms with van der Waals surface area (Å²) >= 11 is 0.720. The Bertz CT molecular complexity index is 68.5. The van der Waals surface area contributed by atoms with Gasteiger partial charge in [-0.25, -0.2) is 0 Å². The van der Waals surface area contributed by atoms with Crippen LogP contribution in [0.2, 0.25) is 0 Å². The normalized spacial score (nSPS) is 19.4. The van der Waals surface area contributed by atoms with Crippen molar-refractivity contribution in [2.45, 2.75) is 19.3 Å². The zero-order valence-corrected chi connectivity index (χ0v) is 5.04. The van der Waals surface area contributed by atoms with Gasteiger partial charge in [-0.1, -0.05) is 0 Å². The average molecular weight is 117 g/mol. The third-order valence-electron chi connectivity index (χ3n) is 1.31. The third kappa shape index (κ3) is 1.97. The summed E-state index contributed by atoms with van der Waals surface area (Å²) in [4.78, 5) is 0. The van der Waals surface area contributed by atoms with Crippen LogP contribution < -0.4 is 0 Å². The fourth-order valence-corrected chi connectivity index (χ4v) is 1.05. The maximum atomic E-state index is 9.78. The fraction of sp³-hybridized carbons (Fsp3) is 1.00. The molecule has 0 radical (unpaired) electrons. The van der Waals surface area contributed by atoms with Crippen LogP contribution in [0.4, 0.5) is 0 Å². The summed E-state index contributed by atoms with van der Waals surface area (Å²) in [6.45, 7) is 0. The quantitative estimate of drug-likeness (QED) is 0.508. The van der Waals surface area contributed by atoms with Gasteiger partial charge in [0.2, 0.25) is 5.75 Å². The highest BCUT2D eigenvalue weighted by molar-refractivity contribution is 7.65. The summed E-state index contributed by atoms with van der Waals surface area (Å²) in [6, 6.07) is 0. The minimum atomic E-state index is 0.720. The zero-order chi connectivity index (χ0) is 5.11. The molecule has 1 fully saturated rings. The van der Waals surface area contributed by atoms with Crippen LogP contribution in [0, 0.1) is 5.92 Å². The maximum absolute atomic E-state index is 9.78. The van der Waals surface area contributed by atoms with Gasteiger partial charge in [0.15, 0.2) is 0 Å². The Morgan fingerprint density at radius 3 is 2.71 bits per heavy atom. The van der Waals surface area contributed by atoms with Gasteiger partial charge in [-0.15, -0.1) is 0 Å². The van der Waals surface area contributed by atoms with Crippen LogP contribution in [0.5, 0.6) is 0 Å². The fourth-order valence-electron chi connectivity index (χ4n) is 0.621. The molecule has 1 nitrogen and oxygen atoms in total. The van der Waals surface area contributed by atoms with Crippen molar-refractivity contribution in [3.8, 4) is 0 Å². The lowest BCUT2D eigenvalue weighted by atomic mass is 10.3. The van der Waals surface area contributed by atoms with Crippen molar-refractivity contribution >= 4 is 11.7 Å². The van der Waals surface area contributed by atoms with Crippen molar-refractivity contribution in [2.24, 2.45) is 5.92 Å². The molecule has 0 aromatic carbocycles. The van der Waals surface area contributed by atoms with Gasteiger partial charge in [-0.2, -0.15) is 0 Å². The van der Waals surface area contributed by atoms with Crippen molar-refractivity contribution < 1.29 is 4.21 Å². The molecule has 0 unspecified atom stereocenters. The molecule has 1 aliphatic rings. The van der Waals surface area contributed by atoms with Crippen molar-refractivity contribution in [2.75, 3.05) is 5.75 Å². The van der Waals surface area contributed by atoms with E-state index in [2.05, 4.69) is 0 Å². The van der Waals surface area contributed by atoms with Gasteiger partial charge >= 0.3 is 11.7 Å². The maximum Gasteiger partial charge on any atom is 0.458 e. The van der Waals surface area contributed by atoms with E-state index in [1.165, 1.54) is 12.8 Å². The van der Waals surface area contributed by atoms with E-state index < -0.39 is 0 Å². The number of hydrogen-bond donors (Lipinski definition) is 0. The molecule has 1 rings (SSSR count). The average Bonchev–Trinajstić information content (AvgIpc) is 2.42. The summed E-state index contributed by atoms with van der Waals surface area (Å²) in [5, 5.41) is 0. The molecule has 0 amide bonds. The first-order valence-electron chi connectivity index (χ1n) is 2.68. The zero-order valence-electron chi connectivity index (χ0n) is 4.22. The van der Waals surface area contributed by atoms with E-state index in [9.17, 15) is 4.21 Å². The summed E-state index contributed by atoms with van der Waals surface area (Å²) in [6.07, 6.45) is 3.91. The number of rotatable bonds is 3. The predicted molar refractivity (Wildman–Crippen MR) is 30.3 cm³/mol. The molecule has 0 aromatic heterocycles. The first kappa shape index (κ1) is 5.16. The van der Waals surface area contributed by atoms with E-state index in [0.717, 1.165) is 29.8 Å². The molecule has 0 aliphatic heterocycles. The molecular formula is C5H9OS+. The van der Waals surface area contributed by atoms with Crippen LogP contribution in [-0.2, 0) is 15.9 Å². The molecule has 40 valence electrons. The smallest absolute Gasteiger partial charge is 0.0500 e. The van der Waals surface area contributed by atoms with Gasteiger partial charge in [0.05, 0.1) is 0 Å². The van der Waals surface area contributed by atoms with E-state index in [4.69, 9.17) is 0 Å². The summed E-state index contributed by atoms with van der Waals surface area (Å²) < 4.78 is 9.78. The lowest BCUT2D eigenvalue weighted by molar-refractivity contribution is 0.602. The second kappa shape index (κ2) is 2.36. The monoisotopic (exact) mass is 117 g/mol. The second-order valence-electron chi connectivity index (χ2n) is 2.05. The lowest BCUT2D eigenvalue weighted by Crippen LogP contribution is -1.81. The molecule has 7 heavy (non-hydrogen) atoms. The van der Waals surface area contributed by atoms with Crippen molar-refractivity contribution in [3.05, 3.63) is 0 Å². The summed E-state index contributed by atoms with van der Waals surface area (Å²) in [7, 11) is 0. The Balaban J connectivity index is 1.88. The molecule has 1 saturated carbocycles. The van der Waals surface area contributed by atoms with Gasteiger partial charge in [-0.05, 0) is 18.8 Å². The van der Waals surface area contributed by atoms with Crippen LogP contribution in [0.15, 0.2) is 0 Å². The van der Waals surface area contributed by atoms with E-state index in [1.54, 1.807) is 0 Å². The summed E-state index contributed by atoms with van der Waals surface area (Å²) in [5.74, 6) is 1.76. The molecule has 0 N–H and O–H groups in total. The van der Waals surface area contributed by atoms with Gasteiger partial charge in [0.25, 0.3) is 0 Å². The van der Waals surface area contributed by atoms with Gasteiger partial charge in [-0.3, -0.25) is 0 Å². The topological polar surface area (TPSA) is 17.1 Å². The van der Waals surface area contributed by atoms with E-state index in [1.807, 2.05) is 0 Å². The molecule has 0 saturated heterocycles. The standard InChI is InChI=1S/C5H9OS/c6-7-4-3-5-1-2-5/h5H,1-4H2/q+1. The highest BCUT2D eigenvalue weighted by atomic mass is 32.1. The highest BCUT2D eigenvalue weighted by Gasteiger charge is 2.22. The Hall–Kier alpha value is 0.0200. The van der Waals surface area contributed by atoms with Crippen molar-refractivity contribution in [3.63, 3.8) is 0 Å². The first-order chi connectivity index (χ1) is 3.43. The van der Waals surface area contributed by atoms with Crippen molar-refractivity contribution in [1.29, 1.82) is 0 Å². The highest BCUT2D eigenvalue weighted by Crippen LogP contribution is 2.31. The van der Waals surface area contributed by atoms with E-state index in [-0.39, 0.29) is 0 Å². The molecule has 0 atom stereocenters. The van der Waals surface area contributed by atoms with Crippen LogP contribution in [0.25, 0.3) is 0 Å². The molecule has 2 heteroatoms. The van der Waals surface area contributed by atoms with Crippen LogP contribution in [0.1, 0.15) is 19.3 Å². The van der Waals surface area contributed by atoms with Gasteiger partial charge in [0.1, 0.15) is 0 Å². The first-order valence-corrected chi connectivity index (χ1v) is 3.59. The van der Waals surface area contributed by atoms with Crippen LogP contribution in [0.3, 0.4) is 0 Å². The summed E-state index contributed by atoms with van der Waals surface area (Å²) in [5.41, 5.74) is 0. The predicted octanol–water partition coefficient (Wildman–Crippen LogP) is 1.21. The van der Waals surface area contributed by atoms with Crippen molar-refractivity contribution in [1.82, 2.24) is 0 Å². The Labute approximate surface area is 47.6 Å². The minimum Gasteiger partial charge on any atom is -0.0500 e. The third-order valence-corrected chi connectivity index (χ3v) is 1.71. The molecule has 0 spiro atoms. The minimum absolute atomic E-state index is 0.720. The van der Waals surface area contributed by atoms with Crippen LogP contribution >= 0.6 is 0 Å². The lowest BCUT2D eigenvalue weighted by Gasteiger charge is -1.73. The largest absolute Gasteiger partial charge is 0.458 e. The Morgan fingerprint density at radius 1 is 1.57 bits per heavy atom. The molecule has 0 heterocycles. The molecule has 1 aliphatic carbocycles. The second-order valence-corrected chi connectivity index (χ2v) is 2.70. The Kier molecular flexibility index (Phi) is 1.74. The van der Waals surface area contributed by atoms with Gasteiger partial charge < -0.3 is 0 Å². The number of hydrogen-bond acceptors (Lipinski definition) is 1. The van der Waals surface area contributed by atoms with Gasteiger partial charge in [0, 0.05) is 10.6 Å². The molecule has 0 aromatic rings. The van der Waals surface area contributed by atoms with E-state index >= 15 is 0 Å². The van der Waals surface area contributed by atoms with E-state index in [0.29, 0.717) is 0 Å². The molecular weight excluding hydrogens is 108 g/mol. The molecule has 0 bridgehead atoms. The Morgan fingerprint density at radius 2 is 2.29 bits per heavy atom. The van der Waals surface area contributed by atoms with Crippen LogP contribution in [-0.4, -0.2) is 5.75 Å².